The van der Waals surface area contributed by atoms with Gasteiger partial charge in [-0.2, -0.15) is 0 Å². The summed E-state index contributed by atoms with van der Waals surface area (Å²) in [6.07, 6.45) is 0. The van der Waals surface area contributed by atoms with E-state index < -0.39 is 0 Å². The van der Waals surface area contributed by atoms with E-state index in [0.29, 0.717) is 0 Å². The van der Waals surface area contributed by atoms with Gasteiger partial charge in [0.15, 0.2) is 0 Å². The van der Waals surface area contributed by atoms with Gasteiger partial charge in [-0.25, -0.2) is 0 Å². The van der Waals surface area contributed by atoms with Crippen LogP contribution < -0.4 is 4.90 Å². The van der Waals surface area contributed by atoms with Crippen molar-refractivity contribution in [2.75, 3.05) is 4.90 Å². The molecule has 0 aromatic heterocycles. The van der Waals surface area contributed by atoms with E-state index in [2.05, 4.69) is 271 Å². The standard InChI is InChI=1S/C71H55N/c1-69(2)63-18-12-11-17-57(63)58-32-25-51(39-64(58)69)46-23-28-54(29-24-46)72(55-30-35-61-59-33-26-52(40-65(59)70(3,4)67(61)42-55)49-21-19-44-13-7-9-15-47(44)37-49)56-31-36-62-60-34-27-53(41-66(60)71(5,6)68(62)43-56)50-22-20-45-14-8-10-16-48(45)38-50/h7-43H,1-6H3. The van der Waals surface area contributed by atoms with Crippen molar-refractivity contribution in [3.63, 3.8) is 0 Å². The molecule has 0 aliphatic heterocycles. The maximum atomic E-state index is 2.49. The number of hydrogen-bond acceptors (Lipinski definition) is 1. The fraction of sp³-hybridized carbons (Fsp3) is 0.127. The molecule has 0 spiro atoms. The molecule has 0 saturated heterocycles. The smallest absolute Gasteiger partial charge is 0.0465 e. The van der Waals surface area contributed by atoms with Crippen LogP contribution in [0.25, 0.3) is 88.3 Å². The third-order valence-corrected chi connectivity index (χ3v) is 17.0. The molecule has 3 aliphatic rings. The maximum absolute atomic E-state index is 2.49. The van der Waals surface area contributed by atoms with Gasteiger partial charge in [-0.15, -0.1) is 0 Å². The van der Waals surface area contributed by atoms with Crippen LogP contribution in [0.2, 0.25) is 0 Å². The van der Waals surface area contributed by atoms with Crippen molar-refractivity contribution in [1.29, 1.82) is 0 Å². The Morgan fingerprint density at radius 1 is 0.222 bits per heavy atom. The van der Waals surface area contributed by atoms with Gasteiger partial charge >= 0.3 is 0 Å². The van der Waals surface area contributed by atoms with Gasteiger partial charge in [-0.1, -0.05) is 199 Å². The molecule has 0 saturated carbocycles. The quantitative estimate of drug-likeness (QED) is 0.161. The van der Waals surface area contributed by atoms with Crippen LogP contribution in [0.1, 0.15) is 74.9 Å². The predicted molar refractivity (Wildman–Crippen MR) is 305 cm³/mol. The summed E-state index contributed by atoms with van der Waals surface area (Å²) in [5.74, 6) is 0. The molecule has 0 bridgehead atoms. The van der Waals surface area contributed by atoms with E-state index in [1.54, 1.807) is 0 Å². The van der Waals surface area contributed by atoms with E-state index in [1.165, 1.54) is 122 Å². The highest BCUT2D eigenvalue weighted by atomic mass is 15.1. The molecule has 11 aromatic carbocycles. The van der Waals surface area contributed by atoms with Crippen molar-refractivity contribution in [2.24, 2.45) is 0 Å². The van der Waals surface area contributed by atoms with Gasteiger partial charge in [0.05, 0.1) is 0 Å². The molecule has 0 fully saturated rings. The zero-order chi connectivity index (χ0) is 48.7. The summed E-state index contributed by atoms with van der Waals surface area (Å²) in [7, 11) is 0. The predicted octanol–water partition coefficient (Wildman–Crippen LogP) is 19.4. The summed E-state index contributed by atoms with van der Waals surface area (Å²) in [4.78, 5) is 2.49. The van der Waals surface area contributed by atoms with Crippen LogP contribution in [0.3, 0.4) is 0 Å². The first-order valence-corrected chi connectivity index (χ1v) is 25.6. The Hall–Kier alpha value is -8.26. The average molecular weight is 922 g/mol. The van der Waals surface area contributed by atoms with Gasteiger partial charge in [0.2, 0.25) is 0 Å². The Bertz CT molecular complexity index is 3880. The number of fused-ring (bicyclic) bond motifs is 11. The highest BCUT2D eigenvalue weighted by Crippen LogP contribution is 2.55. The third kappa shape index (κ3) is 6.33. The summed E-state index contributed by atoms with van der Waals surface area (Å²) in [5.41, 5.74) is 26.6. The van der Waals surface area contributed by atoms with Gasteiger partial charge in [0, 0.05) is 33.3 Å². The molecule has 0 atom stereocenters. The highest BCUT2D eigenvalue weighted by molar-refractivity contribution is 5.93. The first-order valence-electron chi connectivity index (χ1n) is 25.6. The minimum atomic E-state index is -0.214. The number of nitrogens with zero attached hydrogens (tertiary/aromatic N) is 1. The number of rotatable bonds is 6. The zero-order valence-corrected chi connectivity index (χ0v) is 41.8. The Morgan fingerprint density at radius 2 is 0.528 bits per heavy atom. The van der Waals surface area contributed by atoms with E-state index >= 15 is 0 Å². The Kier molecular flexibility index (Phi) is 9.09. The molecule has 1 nitrogen and oxygen atoms in total. The van der Waals surface area contributed by atoms with Crippen molar-refractivity contribution < 1.29 is 0 Å². The van der Waals surface area contributed by atoms with Crippen LogP contribution in [0.5, 0.6) is 0 Å². The first kappa shape index (κ1) is 42.6. The molecule has 11 aromatic rings. The first-order chi connectivity index (χ1) is 34.9. The lowest BCUT2D eigenvalue weighted by atomic mass is 9.81. The second-order valence-corrected chi connectivity index (χ2v) is 22.2. The molecule has 344 valence electrons. The van der Waals surface area contributed by atoms with Crippen molar-refractivity contribution in [3.05, 3.63) is 258 Å². The second-order valence-electron chi connectivity index (χ2n) is 22.2. The maximum Gasteiger partial charge on any atom is 0.0465 e. The molecule has 0 radical (unpaired) electrons. The molecule has 0 unspecified atom stereocenters. The molecule has 0 N–H and O–H groups in total. The van der Waals surface area contributed by atoms with Crippen molar-refractivity contribution in [1.82, 2.24) is 0 Å². The number of benzene rings is 11. The van der Waals surface area contributed by atoms with Crippen LogP contribution in [-0.4, -0.2) is 0 Å². The van der Waals surface area contributed by atoms with Gasteiger partial charge in [0.1, 0.15) is 0 Å². The average Bonchev–Trinajstić information content (AvgIpc) is 3.89. The van der Waals surface area contributed by atoms with Crippen molar-refractivity contribution >= 4 is 38.6 Å². The minimum Gasteiger partial charge on any atom is -0.310 e. The van der Waals surface area contributed by atoms with E-state index in [-0.39, 0.29) is 16.2 Å². The monoisotopic (exact) mass is 921 g/mol. The van der Waals surface area contributed by atoms with Gasteiger partial charge < -0.3 is 4.90 Å². The molecule has 0 amide bonds. The molecular formula is C71H55N. The largest absolute Gasteiger partial charge is 0.310 e. The lowest BCUT2D eigenvalue weighted by Gasteiger charge is -2.30. The van der Waals surface area contributed by atoms with Crippen LogP contribution in [-0.2, 0) is 16.2 Å². The van der Waals surface area contributed by atoms with Crippen molar-refractivity contribution in [2.45, 2.75) is 57.8 Å². The summed E-state index contributed by atoms with van der Waals surface area (Å²) in [5, 5.41) is 5.07. The molecule has 0 heterocycles. The van der Waals surface area contributed by atoms with Crippen LogP contribution in [0.15, 0.2) is 224 Å². The fourth-order valence-electron chi connectivity index (χ4n) is 13.0. The summed E-state index contributed by atoms with van der Waals surface area (Å²) < 4.78 is 0. The minimum absolute atomic E-state index is 0.0588. The van der Waals surface area contributed by atoms with Gasteiger partial charge in [-0.3, -0.25) is 0 Å². The lowest BCUT2D eigenvalue weighted by Crippen LogP contribution is -2.18. The van der Waals surface area contributed by atoms with E-state index in [1.807, 2.05) is 0 Å². The summed E-state index contributed by atoms with van der Waals surface area (Å²) >= 11 is 0. The van der Waals surface area contributed by atoms with E-state index in [9.17, 15) is 0 Å². The van der Waals surface area contributed by atoms with Crippen LogP contribution in [0.4, 0.5) is 17.1 Å². The zero-order valence-electron chi connectivity index (χ0n) is 41.8. The Morgan fingerprint density at radius 3 is 1.00 bits per heavy atom. The Balaban J connectivity index is 0.865. The second kappa shape index (κ2) is 15.4. The van der Waals surface area contributed by atoms with Gasteiger partial charge in [-0.05, 0) is 188 Å². The summed E-state index contributed by atoms with van der Waals surface area (Å²) in [6.45, 7) is 14.3. The number of hydrogen-bond donors (Lipinski definition) is 0. The van der Waals surface area contributed by atoms with Gasteiger partial charge in [0.25, 0.3) is 0 Å². The topological polar surface area (TPSA) is 3.24 Å². The molecule has 14 rings (SSSR count). The van der Waals surface area contributed by atoms with Crippen LogP contribution >= 0.6 is 0 Å². The normalized spacial score (nSPS) is 14.9. The fourth-order valence-corrected chi connectivity index (χ4v) is 13.0. The van der Waals surface area contributed by atoms with E-state index in [0.717, 1.165) is 17.1 Å². The van der Waals surface area contributed by atoms with Crippen molar-refractivity contribution in [3.8, 4) is 66.8 Å². The SMILES string of the molecule is CC1(C)c2ccccc2-c2ccc(-c3ccc(N(c4ccc5c(c4)C(C)(C)c4cc(-c6ccc7ccccc7c6)ccc4-5)c4ccc5c(c4)C(C)(C)c4cc(-c6ccc7ccccc7c6)ccc4-5)cc3)cc21. The highest BCUT2D eigenvalue weighted by Gasteiger charge is 2.39. The molecule has 3 aliphatic carbocycles. The lowest BCUT2D eigenvalue weighted by molar-refractivity contribution is 0.660. The number of anilines is 3. The molecular weight excluding hydrogens is 867 g/mol. The third-order valence-electron chi connectivity index (χ3n) is 17.0. The Labute approximate surface area is 423 Å². The van der Waals surface area contributed by atoms with Crippen LogP contribution in [0, 0.1) is 0 Å². The van der Waals surface area contributed by atoms with E-state index in [4.69, 9.17) is 0 Å². The summed E-state index contributed by atoms with van der Waals surface area (Å²) in [6, 6.07) is 84.9. The molecule has 72 heavy (non-hydrogen) atoms. The molecule has 1 heteroatoms.